The predicted octanol–water partition coefficient (Wildman–Crippen LogP) is 1.57. The van der Waals surface area contributed by atoms with Crippen LogP contribution in [0.1, 0.15) is 48.3 Å². The Hall–Kier alpha value is -2.28. The lowest BCUT2D eigenvalue weighted by Gasteiger charge is -2.31. The molecule has 1 saturated carbocycles. The van der Waals surface area contributed by atoms with E-state index in [1.165, 1.54) is 13.5 Å². The van der Waals surface area contributed by atoms with Gasteiger partial charge in [-0.15, -0.1) is 5.10 Å². The quantitative estimate of drug-likeness (QED) is 0.864. The first kappa shape index (κ1) is 14.6. The first-order valence-corrected chi connectivity index (χ1v) is 7.41. The molecule has 1 aromatic carbocycles. The lowest BCUT2D eigenvalue weighted by atomic mass is 9.82. The monoisotopic (exact) mass is 301 g/mol. The number of ether oxygens (including phenoxy) is 1. The molecule has 116 valence electrons. The highest BCUT2D eigenvalue weighted by molar-refractivity contribution is 5.93. The first-order valence-electron chi connectivity index (χ1n) is 7.41. The smallest absolute Gasteiger partial charge is 0.340 e. The zero-order valence-corrected chi connectivity index (χ0v) is 12.5. The minimum atomic E-state index is -0.551. The predicted molar refractivity (Wildman–Crippen MR) is 79.4 cm³/mol. The van der Waals surface area contributed by atoms with Gasteiger partial charge in [0.1, 0.15) is 0 Å². The SMILES string of the molecule is COC(=O)c1ccccc1-n1nnnc1C1(N)CCCCC1. The maximum atomic E-state index is 12.0. The molecule has 22 heavy (non-hydrogen) atoms. The van der Waals surface area contributed by atoms with Crippen molar-refractivity contribution in [2.45, 2.75) is 37.6 Å². The molecular formula is C15H19N5O2. The van der Waals surface area contributed by atoms with Crippen molar-refractivity contribution in [1.82, 2.24) is 20.2 Å². The van der Waals surface area contributed by atoms with Crippen molar-refractivity contribution in [2.75, 3.05) is 7.11 Å². The average Bonchev–Trinajstić information content (AvgIpc) is 3.05. The topological polar surface area (TPSA) is 95.9 Å². The molecule has 1 aliphatic carbocycles. The molecule has 7 nitrogen and oxygen atoms in total. The number of aromatic nitrogens is 4. The van der Waals surface area contributed by atoms with Crippen LogP contribution in [-0.2, 0) is 10.3 Å². The third-order valence-electron chi connectivity index (χ3n) is 4.20. The largest absolute Gasteiger partial charge is 0.465 e. The van der Waals surface area contributed by atoms with Gasteiger partial charge in [0.05, 0.1) is 23.9 Å². The normalized spacial score (nSPS) is 17.2. The minimum Gasteiger partial charge on any atom is -0.465 e. The Kier molecular flexibility index (Phi) is 3.89. The number of hydrogen-bond donors (Lipinski definition) is 1. The molecule has 0 bridgehead atoms. The van der Waals surface area contributed by atoms with Gasteiger partial charge in [0.15, 0.2) is 5.82 Å². The lowest BCUT2D eigenvalue weighted by molar-refractivity contribution is 0.0600. The number of carbonyl (C=O) groups excluding carboxylic acids is 1. The summed E-state index contributed by atoms with van der Waals surface area (Å²) in [6.45, 7) is 0. The summed E-state index contributed by atoms with van der Waals surface area (Å²) in [5.41, 5.74) is 6.99. The van der Waals surface area contributed by atoms with Crippen LogP contribution in [0, 0.1) is 0 Å². The van der Waals surface area contributed by atoms with Gasteiger partial charge in [0.25, 0.3) is 0 Å². The van der Waals surface area contributed by atoms with Gasteiger partial charge in [-0.3, -0.25) is 0 Å². The summed E-state index contributed by atoms with van der Waals surface area (Å²) >= 11 is 0. The van der Waals surface area contributed by atoms with Crippen molar-refractivity contribution in [2.24, 2.45) is 5.73 Å². The van der Waals surface area contributed by atoms with E-state index >= 15 is 0 Å². The molecule has 2 aromatic rings. The third-order valence-corrected chi connectivity index (χ3v) is 4.20. The summed E-state index contributed by atoms with van der Waals surface area (Å²) in [5.74, 6) is 0.176. The van der Waals surface area contributed by atoms with E-state index in [9.17, 15) is 4.79 Å². The molecule has 0 spiro atoms. The molecule has 2 N–H and O–H groups in total. The Morgan fingerprint density at radius 2 is 2.00 bits per heavy atom. The number of hydrogen-bond acceptors (Lipinski definition) is 6. The fourth-order valence-electron chi connectivity index (χ4n) is 3.01. The number of esters is 1. The van der Waals surface area contributed by atoms with Gasteiger partial charge in [-0.25, -0.2) is 4.79 Å². The van der Waals surface area contributed by atoms with Gasteiger partial charge < -0.3 is 10.5 Å². The van der Waals surface area contributed by atoms with E-state index in [0.29, 0.717) is 17.1 Å². The number of nitrogens with zero attached hydrogens (tertiary/aromatic N) is 4. The van der Waals surface area contributed by atoms with E-state index < -0.39 is 11.5 Å². The van der Waals surface area contributed by atoms with Crippen LogP contribution in [0.15, 0.2) is 24.3 Å². The second-order valence-electron chi connectivity index (χ2n) is 5.64. The van der Waals surface area contributed by atoms with Gasteiger partial charge in [0.2, 0.25) is 0 Å². The van der Waals surface area contributed by atoms with Crippen LogP contribution >= 0.6 is 0 Å². The molecule has 0 atom stereocenters. The van der Waals surface area contributed by atoms with Crippen LogP contribution in [-0.4, -0.2) is 33.3 Å². The molecule has 0 amide bonds. The van der Waals surface area contributed by atoms with Gasteiger partial charge in [-0.05, 0) is 35.4 Å². The van der Waals surface area contributed by atoms with E-state index in [1.54, 1.807) is 22.9 Å². The zero-order valence-electron chi connectivity index (χ0n) is 12.5. The Bertz CT molecular complexity index is 676. The fourth-order valence-corrected chi connectivity index (χ4v) is 3.01. The van der Waals surface area contributed by atoms with Gasteiger partial charge >= 0.3 is 5.97 Å². The Balaban J connectivity index is 2.08. The van der Waals surface area contributed by atoms with Crippen LogP contribution in [0.25, 0.3) is 5.69 Å². The van der Waals surface area contributed by atoms with Crippen LogP contribution < -0.4 is 5.73 Å². The highest BCUT2D eigenvalue weighted by atomic mass is 16.5. The second-order valence-corrected chi connectivity index (χ2v) is 5.64. The standard InChI is InChI=1S/C15H19N5O2/c1-22-13(21)11-7-3-4-8-12(11)20-14(17-18-19-20)15(16)9-5-2-6-10-15/h3-4,7-8H,2,5-6,9-10,16H2,1H3. The number of nitrogens with two attached hydrogens (primary N) is 1. The summed E-state index contributed by atoms with van der Waals surface area (Å²) in [7, 11) is 1.35. The van der Waals surface area contributed by atoms with Crippen molar-refractivity contribution >= 4 is 5.97 Å². The molecular weight excluding hydrogens is 282 g/mol. The van der Waals surface area contributed by atoms with Gasteiger partial charge in [-0.2, -0.15) is 4.68 Å². The van der Waals surface area contributed by atoms with E-state index in [1.807, 2.05) is 6.07 Å². The highest BCUT2D eigenvalue weighted by Gasteiger charge is 2.35. The molecule has 1 heterocycles. The zero-order chi connectivity index (χ0) is 15.6. The summed E-state index contributed by atoms with van der Waals surface area (Å²) < 4.78 is 6.40. The molecule has 0 radical (unpaired) electrons. The summed E-state index contributed by atoms with van der Waals surface area (Å²) in [5, 5.41) is 12.0. The molecule has 0 aliphatic heterocycles. The number of methoxy groups -OCH3 is 1. The lowest BCUT2D eigenvalue weighted by Crippen LogP contribution is -2.41. The molecule has 1 aliphatic rings. The average molecular weight is 301 g/mol. The molecule has 0 saturated heterocycles. The second kappa shape index (κ2) is 5.84. The Labute approximate surface area is 128 Å². The van der Waals surface area contributed by atoms with Crippen molar-refractivity contribution in [3.05, 3.63) is 35.7 Å². The van der Waals surface area contributed by atoms with Crippen molar-refractivity contribution in [3.8, 4) is 5.69 Å². The maximum absolute atomic E-state index is 12.0. The summed E-state index contributed by atoms with van der Waals surface area (Å²) in [4.78, 5) is 12.0. The van der Waals surface area contributed by atoms with Crippen molar-refractivity contribution in [1.29, 1.82) is 0 Å². The number of para-hydroxylation sites is 1. The first-order chi connectivity index (χ1) is 10.7. The van der Waals surface area contributed by atoms with Crippen LogP contribution in [0.4, 0.5) is 0 Å². The van der Waals surface area contributed by atoms with Gasteiger partial charge in [-0.1, -0.05) is 31.4 Å². The van der Waals surface area contributed by atoms with E-state index in [-0.39, 0.29) is 0 Å². The van der Waals surface area contributed by atoms with E-state index in [0.717, 1.165) is 25.7 Å². The Morgan fingerprint density at radius 3 is 2.73 bits per heavy atom. The summed E-state index contributed by atoms with van der Waals surface area (Å²) in [6.07, 6.45) is 4.98. The van der Waals surface area contributed by atoms with E-state index in [4.69, 9.17) is 10.5 Å². The number of benzene rings is 1. The highest BCUT2D eigenvalue weighted by Crippen LogP contribution is 2.34. The number of tetrazole rings is 1. The number of rotatable bonds is 3. The van der Waals surface area contributed by atoms with Crippen LogP contribution in [0.3, 0.4) is 0 Å². The molecule has 0 unspecified atom stereocenters. The van der Waals surface area contributed by atoms with Crippen molar-refractivity contribution < 1.29 is 9.53 Å². The third kappa shape index (κ3) is 2.48. The van der Waals surface area contributed by atoms with Gasteiger partial charge in [0, 0.05) is 0 Å². The minimum absolute atomic E-state index is 0.415. The van der Waals surface area contributed by atoms with Crippen LogP contribution in [0.2, 0.25) is 0 Å². The maximum Gasteiger partial charge on any atom is 0.340 e. The molecule has 1 aromatic heterocycles. The van der Waals surface area contributed by atoms with Crippen molar-refractivity contribution in [3.63, 3.8) is 0 Å². The number of carbonyl (C=O) groups is 1. The molecule has 3 rings (SSSR count). The fraction of sp³-hybridized carbons (Fsp3) is 0.467. The molecule has 7 heteroatoms. The van der Waals surface area contributed by atoms with Crippen LogP contribution in [0.5, 0.6) is 0 Å². The van der Waals surface area contributed by atoms with E-state index in [2.05, 4.69) is 15.5 Å². The molecule has 1 fully saturated rings. The Morgan fingerprint density at radius 1 is 1.27 bits per heavy atom. The summed E-state index contributed by atoms with van der Waals surface area (Å²) in [6, 6.07) is 7.09.